The minimum atomic E-state index is -0.352. The summed E-state index contributed by atoms with van der Waals surface area (Å²) in [6, 6.07) is 13.4. The minimum Gasteiger partial charge on any atom is -0.408 e. The number of aryl methyl sites for hydroxylation is 1. The fourth-order valence-electron chi connectivity index (χ4n) is 2.13. The van der Waals surface area contributed by atoms with E-state index in [0.717, 1.165) is 16.6 Å². The molecule has 0 saturated carbocycles. The molecule has 3 rings (SSSR count). The van der Waals surface area contributed by atoms with E-state index in [0.29, 0.717) is 10.6 Å². The second-order valence-electron chi connectivity index (χ2n) is 4.57. The Hall–Kier alpha value is -1.52. The molecule has 0 N–H and O–H groups in total. The fourth-order valence-corrected chi connectivity index (χ4v) is 2.85. The van der Waals surface area contributed by atoms with Crippen molar-refractivity contribution >= 4 is 38.6 Å². The van der Waals surface area contributed by atoms with Crippen molar-refractivity contribution in [3.05, 3.63) is 69.2 Å². The monoisotopic (exact) mass is 351 g/mol. The molecule has 0 aliphatic rings. The van der Waals surface area contributed by atoms with Crippen LogP contribution in [0.15, 0.2) is 51.7 Å². The summed E-state index contributed by atoms with van der Waals surface area (Å²) in [6.07, 6.45) is 0. The molecule has 0 aliphatic carbocycles. The highest BCUT2D eigenvalue weighted by atomic mass is 79.9. The van der Waals surface area contributed by atoms with E-state index in [1.165, 1.54) is 4.57 Å². The summed E-state index contributed by atoms with van der Waals surface area (Å²) >= 11 is 9.55. The van der Waals surface area contributed by atoms with Crippen LogP contribution in [0.4, 0.5) is 0 Å². The molecule has 5 heteroatoms. The Kier molecular flexibility index (Phi) is 3.44. The summed E-state index contributed by atoms with van der Waals surface area (Å²) in [5.74, 6) is -0.352. The highest BCUT2D eigenvalue weighted by Crippen LogP contribution is 2.32. The summed E-state index contributed by atoms with van der Waals surface area (Å²) in [5, 5.41) is 0.706. The van der Waals surface area contributed by atoms with Crippen LogP contribution in [0.2, 0.25) is 5.02 Å². The number of hydrogen-bond acceptors (Lipinski definition) is 2. The van der Waals surface area contributed by atoms with E-state index in [-0.39, 0.29) is 10.6 Å². The van der Waals surface area contributed by atoms with Gasteiger partial charge in [-0.15, -0.1) is 0 Å². The van der Waals surface area contributed by atoms with Gasteiger partial charge in [-0.05, 0) is 35.4 Å². The molecule has 1 heterocycles. The average molecular weight is 353 g/mol. The van der Waals surface area contributed by atoms with Gasteiger partial charge in [0.2, 0.25) is 0 Å². The number of fused-ring (bicyclic) bond motifs is 1. The number of hydrogen-bond donors (Lipinski definition) is 0. The van der Waals surface area contributed by atoms with E-state index < -0.39 is 0 Å². The predicted molar refractivity (Wildman–Crippen MR) is 83.7 cm³/mol. The van der Waals surface area contributed by atoms with E-state index in [4.69, 9.17) is 16.0 Å². The molecule has 3 nitrogen and oxygen atoms in total. The van der Waals surface area contributed by atoms with Gasteiger partial charge < -0.3 is 4.42 Å². The maximum absolute atomic E-state index is 11.5. The first-order valence-corrected chi connectivity index (χ1v) is 7.34. The third kappa shape index (κ3) is 2.30. The second kappa shape index (κ2) is 5.11. The van der Waals surface area contributed by atoms with Gasteiger partial charge in [-0.3, -0.25) is 4.57 Å². The molecule has 1 aromatic heterocycles. The maximum atomic E-state index is 11.5. The van der Waals surface area contributed by atoms with Crippen LogP contribution in [-0.2, 0) is 7.05 Å². The molecule has 0 amide bonds. The Labute approximate surface area is 128 Å². The summed E-state index contributed by atoms with van der Waals surface area (Å²) in [5.41, 5.74) is 3.49. The minimum absolute atomic E-state index is 0.0228. The zero-order chi connectivity index (χ0) is 14.3. The number of benzene rings is 2. The molecule has 0 radical (unpaired) electrons. The second-order valence-corrected chi connectivity index (χ2v) is 5.92. The van der Waals surface area contributed by atoms with E-state index >= 15 is 0 Å². The zero-order valence-corrected chi connectivity index (χ0v) is 13.0. The molecule has 3 aromatic rings. The van der Waals surface area contributed by atoms with Gasteiger partial charge in [0, 0.05) is 12.1 Å². The third-order valence-electron chi connectivity index (χ3n) is 3.27. The number of alkyl halides is 1. The Balaban J connectivity index is 2.05. The number of rotatable bonds is 2. The van der Waals surface area contributed by atoms with Crippen molar-refractivity contribution in [2.24, 2.45) is 7.05 Å². The molecule has 0 saturated heterocycles. The topological polar surface area (TPSA) is 35.1 Å². The zero-order valence-electron chi connectivity index (χ0n) is 10.6. The van der Waals surface area contributed by atoms with Crippen LogP contribution in [0, 0.1) is 0 Å². The Morgan fingerprint density at radius 3 is 2.50 bits per heavy atom. The third-order valence-corrected chi connectivity index (χ3v) is 4.58. The van der Waals surface area contributed by atoms with E-state index in [9.17, 15) is 4.79 Å². The summed E-state index contributed by atoms with van der Waals surface area (Å²) < 4.78 is 6.70. The van der Waals surface area contributed by atoms with Crippen molar-refractivity contribution in [3.63, 3.8) is 0 Å². The SMILES string of the molecule is Cn1c(=O)oc2cc(C(Br)c3ccc(Cl)cc3)ccc21. The van der Waals surface area contributed by atoms with Gasteiger partial charge in [-0.1, -0.05) is 45.7 Å². The lowest BCUT2D eigenvalue weighted by molar-refractivity contribution is 0.528. The predicted octanol–water partition coefficient (Wildman–Crippen LogP) is 4.27. The molecule has 1 unspecified atom stereocenters. The largest absolute Gasteiger partial charge is 0.419 e. The molecular formula is C15H11BrClNO2. The van der Waals surface area contributed by atoms with Crippen LogP contribution in [0.3, 0.4) is 0 Å². The van der Waals surface area contributed by atoms with Crippen molar-refractivity contribution < 1.29 is 4.42 Å². The van der Waals surface area contributed by atoms with Crippen molar-refractivity contribution in [1.82, 2.24) is 4.57 Å². The first kappa shape index (κ1) is 13.5. The molecule has 1 atom stereocenters. The maximum Gasteiger partial charge on any atom is 0.419 e. The molecule has 0 spiro atoms. The van der Waals surface area contributed by atoms with Gasteiger partial charge in [0.25, 0.3) is 0 Å². The number of halogens is 2. The van der Waals surface area contributed by atoms with Crippen LogP contribution in [-0.4, -0.2) is 4.57 Å². The van der Waals surface area contributed by atoms with E-state index in [1.54, 1.807) is 7.05 Å². The van der Waals surface area contributed by atoms with Crippen molar-refractivity contribution in [2.45, 2.75) is 4.83 Å². The highest BCUT2D eigenvalue weighted by molar-refractivity contribution is 9.09. The van der Waals surface area contributed by atoms with Gasteiger partial charge in [-0.2, -0.15) is 0 Å². The summed E-state index contributed by atoms with van der Waals surface area (Å²) in [7, 11) is 1.69. The molecule has 2 aromatic carbocycles. The van der Waals surface area contributed by atoms with Crippen LogP contribution in [0.1, 0.15) is 16.0 Å². The highest BCUT2D eigenvalue weighted by Gasteiger charge is 2.13. The number of aromatic nitrogens is 1. The normalized spacial score (nSPS) is 12.8. The Bertz CT molecular complexity index is 820. The van der Waals surface area contributed by atoms with Crippen LogP contribution in [0.5, 0.6) is 0 Å². The number of oxazole rings is 1. The van der Waals surface area contributed by atoms with Crippen molar-refractivity contribution in [3.8, 4) is 0 Å². The molecule has 0 fully saturated rings. The van der Waals surface area contributed by atoms with Crippen molar-refractivity contribution in [2.75, 3.05) is 0 Å². The first-order valence-electron chi connectivity index (χ1n) is 6.05. The quantitative estimate of drug-likeness (QED) is 0.646. The van der Waals surface area contributed by atoms with E-state index in [2.05, 4.69) is 15.9 Å². The fraction of sp³-hybridized carbons (Fsp3) is 0.133. The smallest absolute Gasteiger partial charge is 0.408 e. The molecule has 102 valence electrons. The molecule has 20 heavy (non-hydrogen) atoms. The summed E-state index contributed by atoms with van der Waals surface area (Å²) in [4.78, 5) is 11.5. The van der Waals surface area contributed by atoms with Crippen LogP contribution >= 0.6 is 27.5 Å². The number of nitrogens with zero attached hydrogens (tertiary/aromatic N) is 1. The standard InChI is InChI=1S/C15H11BrClNO2/c1-18-12-7-4-10(8-13(12)20-15(18)19)14(16)9-2-5-11(17)6-3-9/h2-8,14H,1H3. The lowest BCUT2D eigenvalue weighted by Gasteiger charge is -2.10. The van der Waals surface area contributed by atoms with E-state index in [1.807, 2.05) is 42.5 Å². The van der Waals surface area contributed by atoms with Crippen molar-refractivity contribution in [1.29, 1.82) is 0 Å². The molecule has 0 aliphatic heterocycles. The van der Waals surface area contributed by atoms with Gasteiger partial charge in [-0.25, -0.2) is 4.79 Å². The first-order chi connectivity index (χ1) is 9.56. The Morgan fingerprint density at radius 1 is 1.15 bits per heavy atom. The molecular weight excluding hydrogens is 342 g/mol. The van der Waals surface area contributed by atoms with Gasteiger partial charge in [0.05, 0.1) is 10.3 Å². The Morgan fingerprint density at radius 2 is 1.80 bits per heavy atom. The van der Waals surface area contributed by atoms with Gasteiger partial charge >= 0.3 is 5.76 Å². The van der Waals surface area contributed by atoms with Gasteiger partial charge in [0.1, 0.15) is 0 Å². The van der Waals surface area contributed by atoms with Gasteiger partial charge in [0.15, 0.2) is 5.58 Å². The average Bonchev–Trinajstić information content (AvgIpc) is 2.74. The lowest BCUT2D eigenvalue weighted by atomic mass is 10.0. The van der Waals surface area contributed by atoms with Crippen LogP contribution < -0.4 is 5.76 Å². The summed E-state index contributed by atoms with van der Waals surface area (Å²) in [6.45, 7) is 0. The lowest BCUT2D eigenvalue weighted by Crippen LogP contribution is -2.08. The molecule has 0 bridgehead atoms. The van der Waals surface area contributed by atoms with Crippen LogP contribution in [0.25, 0.3) is 11.1 Å².